The zero-order valence-corrected chi connectivity index (χ0v) is 12.1. The molecule has 110 valence electrons. The van der Waals surface area contributed by atoms with E-state index in [-0.39, 0.29) is 24.9 Å². The Morgan fingerprint density at radius 3 is 2.35 bits per heavy atom. The fourth-order valence-electron chi connectivity index (χ4n) is 1.51. The van der Waals surface area contributed by atoms with Crippen molar-refractivity contribution in [3.8, 4) is 0 Å². The second-order valence-corrected chi connectivity index (χ2v) is 4.73. The first-order valence-electron chi connectivity index (χ1n) is 6.92. The number of carbonyl (C=O) groups is 2. The van der Waals surface area contributed by atoms with Gasteiger partial charge in [-0.3, -0.25) is 9.59 Å². The quantitative estimate of drug-likeness (QED) is 0.658. The van der Waals surface area contributed by atoms with E-state index in [0.29, 0.717) is 12.6 Å². The first kappa shape index (κ1) is 16.2. The van der Waals surface area contributed by atoms with Crippen LogP contribution >= 0.6 is 0 Å². The number of nitrogens with one attached hydrogen (secondary N) is 3. The van der Waals surface area contributed by atoms with Crippen LogP contribution in [0.4, 0.5) is 0 Å². The summed E-state index contributed by atoms with van der Waals surface area (Å²) in [6.45, 7) is 4.78. The van der Waals surface area contributed by atoms with E-state index in [4.69, 9.17) is 0 Å². The molecule has 5 nitrogen and oxygen atoms in total. The Morgan fingerprint density at radius 1 is 1.05 bits per heavy atom. The molecule has 0 aliphatic rings. The Balaban J connectivity index is 2.15. The number of carbonyl (C=O) groups excluding carboxylic acids is 2. The maximum atomic E-state index is 11.6. The molecule has 2 amide bonds. The summed E-state index contributed by atoms with van der Waals surface area (Å²) in [4.78, 5) is 23.1. The third kappa shape index (κ3) is 6.89. The van der Waals surface area contributed by atoms with Crippen molar-refractivity contribution in [3.05, 3.63) is 35.9 Å². The van der Waals surface area contributed by atoms with Crippen LogP contribution in [-0.4, -0.2) is 30.9 Å². The molecule has 5 heteroatoms. The van der Waals surface area contributed by atoms with Crippen molar-refractivity contribution < 1.29 is 9.59 Å². The number of benzene rings is 1. The van der Waals surface area contributed by atoms with Gasteiger partial charge in [-0.1, -0.05) is 37.3 Å². The fraction of sp³-hybridized carbons (Fsp3) is 0.467. The second-order valence-electron chi connectivity index (χ2n) is 4.73. The summed E-state index contributed by atoms with van der Waals surface area (Å²) < 4.78 is 0. The van der Waals surface area contributed by atoms with Gasteiger partial charge in [-0.2, -0.15) is 0 Å². The molecule has 0 saturated heterocycles. The fourth-order valence-corrected chi connectivity index (χ4v) is 1.51. The summed E-state index contributed by atoms with van der Waals surface area (Å²) in [6, 6.07) is 9.94. The van der Waals surface area contributed by atoms with E-state index in [9.17, 15) is 9.59 Å². The van der Waals surface area contributed by atoms with Crippen molar-refractivity contribution in [2.75, 3.05) is 13.1 Å². The maximum absolute atomic E-state index is 11.6. The molecule has 0 heterocycles. The number of hydrogen-bond donors (Lipinski definition) is 3. The van der Waals surface area contributed by atoms with Crippen molar-refractivity contribution in [1.29, 1.82) is 0 Å². The minimum Gasteiger partial charge on any atom is -0.350 e. The summed E-state index contributed by atoms with van der Waals surface area (Å²) in [5.74, 6) is -0.356. The van der Waals surface area contributed by atoms with Crippen molar-refractivity contribution in [1.82, 2.24) is 16.0 Å². The second kappa shape index (κ2) is 9.09. The molecule has 0 radical (unpaired) electrons. The Morgan fingerprint density at radius 2 is 1.70 bits per heavy atom. The van der Waals surface area contributed by atoms with E-state index < -0.39 is 0 Å². The standard InChI is InChI=1S/C15H23N3O2/c1-3-12(2)16-10-14(19)18-11-15(20)17-9-13-7-5-4-6-8-13/h4-8,12,16H,3,9-11H2,1-2H3,(H,17,20)(H,18,19). The molecular formula is C15H23N3O2. The molecule has 1 rings (SSSR count). The minimum atomic E-state index is -0.189. The lowest BCUT2D eigenvalue weighted by Crippen LogP contribution is -2.42. The van der Waals surface area contributed by atoms with E-state index in [1.807, 2.05) is 44.2 Å². The van der Waals surface area contributed by atoms with E-state index >= 15 is 0 Å². The zero-order chi connectivity index (χ0) is 14.8. The minimum absolute atomic E-state index is 0.00779. The molecule has 0 aliphatic carbocycles. The van der Waals surface area contributed by atoms with Crippen LogP contribution in [0.15, 0.2) is 30.3 Å². The van der Waals surface area contributed by atoms with Gasteiger partial charge in [-0.15, -0.1) is 0 Å². The number of hydrogen-bond acceptors (Lipinski definition) is 3. The average Bonchev–Trinajstić information content (AvgIpc) is 2.49. The molecule has 0 aliphatic heterocycles. The summed E-state index contributed by atoms with van der Waals surface area (Å²) in [5, 5.41) is 8.41. The molecule has 1 atom stereocenters. The maximum Gasteiger partial charge on any atom is 0.239 e. The van der Waals surface area contributed by atoms with Gasteiger partial charge < -0.3 is 16.0 Å². The first-order valence-corrected chi connectivity index (χ1v) is 6.92. The van der Waals surface area contributed by atoms with Gasteiger partial charge in [0.05, 0.1) is 13.1 Å². The average molecular weight is 277 g/mol. The number of amides is 2. The topological polar surface area (TPSA) is 70.2 Å². The molecule has 0 saturated carbocycles. The van der Waals surface area contributed by atoms with Gasteiger partial charge >= 0.3 is 0 Å². The van der Waals surface area contributed by atoms with Crippen molar-refractivity contribution >= 4 is 11.8 Å². The molecule has 1 unspecified atom stereocenters. The van der Waals surface area contributed by atoms with E-state index in [1.54, 1.807) is 0 Å². The largest absolute Gasteiger partial charge is 0.350 e. The van der Waals surface area contributed by atoms with Gasteiger partial charge in [0.2, 0.25) is 11.8 Å². The molecule has 1 aromatic rings. The summed E-state index contributed by atoms with van der Waals surface area (Å²) in [7, 11) is 0. The lowest BCUT2D eigenvalue weighted by molar-refractivity contribution is -0.125. The van der Waals surface area contributed by atoms with Crippen molar-refractivity contribution in [2.45, 2.75) is 32.9 Å². The van der Waals surface area contributed by atoms with Crippen LogP contribution < -0.4 is 16.0 Å². The Hall–Kier alpha value is -1.88. The highest BCUT2D eigenvalue weighted by atomic mass is 16.2. The molecule has 3 N–H and O–H groups in total. The molecule has 0 bridgehead atoms. The third-order valence-electron chi connectivity index (χ3n) is 3.00. The van der Waals surface area contributed by atoms with E-state index in [2.05, 4.69) is 16.0 Å². The zero-order valence-electron chi connectivity index (χ0n) is 12.1. The summed E-state index contributed by atoms with van der Waals surface area (Å²) in [6.07, 6.45) is 0.963. The molecule has 0 aromatic heterocycles. The highest BCUT2D eigenvalue weighted by Crippen LogP contribution is 1.96. The molecular weight excluding hydrogens is 254 g/mol. The monoisotopic (exact) mass is 277 g/mol. The van der Waals surface area contributed by atoms with Gasteiger partial charge in [-0.25, -0.2) is 0 Å². The smallest absolute Gasteiger partial charge is 0.239 e. The van der Waals surface area contributed by atoms with Gasteiger partial charge in [0.1, 0.15) is 0 Å². The van der Waals surface area contributed by atoms with Gasteiger partial charge in [-0.05, 0) is 18.9 Å². The Bertz CT molecular complexity index is 420. The van der Waals surface area contributed by atoms with E-state index in [1.165, 1.54) is 0 Å². The molecule has 0 fully saturated rings. The van der Waals surface area contributed by atoms with Crippen LogP contribution in [0.3, 0.4) is 0 Å². The highest BCUT2D eigenvalue weighted by Gasteiger charge is 2.06. The summed E-state index contributed by atoms with van der Waals surface area (Å²) in [5.41, 5.74) is 1.03. The highest BCUT2D eigenvalue weighted by molar-refractivity contribution is 5.85. The van der Waals surface area contributed by atoms with Crippen LogP contribution in [0.5, 0.6) is 0 Å². The lowest BCUT2D eigenvalue weighted by atomic mass is 10.2. The summed E-state index contributed by atoms with van der Waals surface area (Å²) >= 11 is 0. The van der Waals surface area contributed by atoms with Crippen LogP contribution in [0, 0.1) is 0 Å². The van der Waals surface area contributed by atoms with Crippen molar-refractivity contribution in [3.63, 3.8) is 0 Å². The Labute approximate surface area is 120 Å². The lowest BCUT2D eigenvalue weighted by Gasteiger charge is -2.11. The van der Waals surface area contributed by atoms with Crippen LogP contribution in [0.25, 0.3) is 0 Å². The molecule has 0 spiro atoms. The molecule has 20 heavy (non-hydrogen) atoms. The van der Waals surface area contributed by atoms with E-state index in [0.717, 1.165) is 12.0 Å². The van der Waals surface area contributed by atoms with Gasteiger partial charge in [0.15, 0.2) is 0 Å². The van der Waals surface area contributed by atoms with Crippen LogP contribution in [0.1, 0.15) is 25.8 Å². The SMILES string of the molecule is CCC(C)NCC(=O)NCC(=O)NCc1ccccc1. The molecule has 1 aromatic carbocycles. The Kier molecular flexibility index (Phi) is 7.35. The van der Waals surface area contributed by atoms with Gasteiger partial charge in [0.25, 0.3) is 0 Å². The normalized spacial score (nSPS) is 11.7. The van der Waals surface area contributed by atoms with Crippen LogP contribution in [-0.2, 0) is 16.1 Å². The van der Waals surface area contributed by atoms with Crippen LogP contribution in [0.2, 0.25) is 0 Å². The first-order chi connectivity index (χ1) is 9.61. The predicted molar refractivity (Wildman–Crippen MR) is 79.1 cm³/mol. The third-order valence-corrected chi connectivity index (χ3v) is 3.00. The number of rotatable bonds is 8. The van der Waals surface area contributed by atoms with Crippen molar-refractivity contribution in [2.24, 2.45) is 0 Å². The van der Waals surface area contributed by atoms with Gasteiger partial charge in [0, 0.05) is 12.6 Å². The predicted octanol–water partition coefficient (Wildman–Crippen LogP) is 0.807.